The molecule has 0 aliphatic heterocycles. The van der Waals surface area contributed by atoms with Crippen molar-refractivity contribution in [2.45, 2.75) is 24.7 Å². The fourth-order valence-electron chi connectivity index (χ4n) is 10.8. The van der Waals surface area contributed by atoms with Crippen molar-refractivity contribution >= 4 is 10.8 Å². The molecular weight excluding hydrogens is 749 g/mol. The lowest BCUT2D eigenvalue weighted by Gasteiger charge is -2.34. The van der Waals surface area contributed by atoms with Gasteiger partial charge in [0.05, 0.1) is 16.8 Å². The van der Waals surface area contributed by atoms with E-state index in [0.29, 0.717) is 5.82 Å². The molecule has 0 amide bonds. The Bertz CT molecular complexity index is 3330. The topological polar surface area (TPSA) is 25.8 Å². The number of aromatic nitrogens is 2. The Morgan fingerprint density at radius 1 is 0.323 bits per heavy atom. The molecule has 0 unspecified atom stereocenters. The summed E-state index contributed by atoms with van der Waals surface area (Å²) in [6, 6.07) is 79.6. The van der Waals surface area contributed by atoms with E-state index in [1.54, 1.807) is 0 Å². The van der Waals surface area contributed by atoms with Crippen LogP contribution in [0.3, 0.4) is 0 Å². The fourth-order valence-corrected chi connectivity index (χ4v) is 10.8. The molecule has 12 rings (SSSR count). The summed E-state index contributed by atoms with van der Waals surface area (Å²) in [6.07, 6.45) is 0. The lowest BCUT2D eigenvalue weighted by atomic mass is 9.67. The molecule has 2 heteroatoms. The van der Waals surface area contributed by atoms with Gasteiger partial charge in [-0.25, -0.2) is 9.97 Å². The van der Waals surface area contributed by atoms with Crippen LogP contribution >= 0.6 is 0 Å². The first-order chi connectivity index (χ1) is 30.5. The van der Waals surface area contributed by atoms with E-state index in [2.05, 4.69) is 226 Å². The zero-order valence-corrected chi connectivity index (χ0v) is 34.7. The van der Waals surface area contributed by atoms with Gasteiger partial charge in [-0.2, -0.15) is 0 Å². The van der Waals surface area contributed by atoms with E-state index in [1.165, 1.54) is 72.1 Å². The van der Waals surface area contributed by atoms with Crippen LogP contribution in [0, 0.1) is 0 Å². The summed E-state index contributed by atoms with van der Waals surface area (Å²) in [5.41, 5.74) is 19.7. The standard InChI is InChI=1S/C60H42N2/c1-59(2)51-30-16-15-28-50(51)57-49(29-18-32-53(57)59)45-35-36-48(44-26-13-12-25-43(44)45)56-38-55(61-58(62-56)39-19-6-3-7-20-39)40-33-34-47-46-27-14-17-31-52(46)60(54(47)37-40,41-21-8-4-9-22-41)42-23-10-5-11-24-42/h3-38H,1-2H3. The molecule has 0 atom stereocenters. The largest absolute Gasteiger partial charge is 0.228 e. The summed E-state index contributed by atoms with van der Waals surface area (Å²) in [6.45, 7) is 4.70. The Morgan fingerprint density at radius 2 is 0.839 bits per heavy atom. The molecule has 1 aromatic heterocycles. The van der Waals surface area contributed by atoms with Crippen molar-refractivity contribution < 1.29 is 0 Å². The number of hydrogen-bond acceptors (Lipinski definition) is 2. The molecule has 292 valence electrons. The van der Waals surface area contributed by atoms with Gasteiger partial charge in [0.15, 0.2) is 5.82 Å². The normalized spacial score (nSPS) is 13.9. The first kappa shape index (κ1) is 36.2. The highest BCUT2D eigenvalue weighted by molar-refractivity contribution is 6.08. The summed E-state index contributed by atoms with van der Waals surface area (Å²) in [5.74, 6) is 0.701. The van der Waals surface area contributed by atoms with Crippen LogP contribution in [-0.2, 0) is 10.8 Å². The maximum Gasteiger partial charge on any atom is 0.160 e. The van der Waals surface area contributed by atoms with Crippen LogP contribution in [0.2, 0.25) is 0 Å². The summed E-state index contributed by atoms with van der Waals surface area (Å²) >= 11 is 0. The summed E-state index contributed by atoms with van der Waals surface area (Å²) in [5, 5.41) is 2.36. The second-order valence-corrected chi connectivity index (χ2v) is 17.2. The van der Waals surface area contributed by atoms with Crippen molar-refractivity contribution in [3.05, 3.63) is 252 Å². The van der Waals surface area contributed by atoms with Gasteiger partial charge in [-0.3, -0.25) is 0 Å². The summed E-state index contributed by atoms with van der Waals surface area (Å²) in [7, 11) is 0. The highest BCUT2D eigenvalue weighted by atomic mass is 14.9. The van der Waals surface area contributed by atoms with E-state index in [4.69, 9.17) is 9.97 Å². The Labute approximate surface area is 362 Å². The van der Waals surface area contributed by atoms with Gasteiger partial charge in [0.2, 0.25) is 0 Å². The molecule has 62 heavy (non-hydrogen) atoms. The van der Waals surface area contributed by atoms with Crippen molar-refractivity contribution in [2.24, 2.45) is 0 Å². The minimum atomic E-state index is -0.512. The summed E-state index contributed by atoms with van der Waals surface area (Å²) in [4.78, 5) is 10.8. The molecule has 2 nitrogen and oxygen atoms in total. The maximum absolute atomic E-state index is 5.38. The number of benzene rings is 9. The van der Waals surface area contributed by atoms with Crippen molar-refractivity contribution in [3.63, 3.8) is 0 Å². The number of fused-ring (bicyclic) bond motifs is 7. The molecule has 9 aromatic carbocycles. The zero-order chi connectivity index (χ0) is 41.4. The minimum Gasteiger partial charge on any atom is -0.228 e. The van der Waals surface area contributed by atoms with Gasteiger partial charge in [0.1, 0.15) is 0 Å². The van der Waals surface area contributed by atoms with E-state index in [1.807, 2.05) is 6.07 Å². The van der Waals surface area contributed by atoms with Crippen molar-refractivity contribution in [2.75, 3.05) is 0 Å². The molecule has 10 aromatic rings. The highest BCUT2D eigenvalue weighted by Crippen LogP contribution is 2.57. The van der Waals surface area contributed by atoms with Gasteiger partial charge < -0.3 is 0 Å². The van der Waals surface area contributed by atoms with E-state index in [-0.39, 0.29) is 5.41 Å². The first-order valence-corrected chi connectivity index (χ1v) is 21.6. The van der Waals surface area contributed by atoms with Crippen molar-refractivity contribution in [1.82, 2.24) is 9.97 Å². The number of rotatable bonds is 6. The lowest BCUT2D eigenvalue weighted by molar-refractivity contribution is 0.660. The van der Waals surface area contributed by atoms with Crippen molar-refractivity contribution in [3.8, 4) is 67.3 Å². The predicted octanol–water partition coefficient (Wildman–Crippen LogP) is 15.0. The third kappa shape index (κ3) is 5.29. The molecule has 0 saturated heterocycles. The van der Waals surface area contributed by atoms with Crippen LogP contribution in [0.4, 0.5) is 0 Å². The van der Waals surface area contributed by atoms with Crippen LogP contribution in [0.5, 0.6) is 0 Å². The van der Waals surface area contributed by atoms with Gasteiger partial charge in [-0.15, -0.1) is 0 Å². The molecule has 0 bridgehead atoms. The molecule has 1 heterocycles. The molecule has 2 aliphatic rings. The van der Waals surface area contributed by atoms with Gasteiger partial charge in [-0.1, -0.05) is 220 Å². The SMILES string of the molecule is CC1(C)c2ccccc2-c2c(-c3ccc(-c4cc(-c5ccc6c(c5)C(c5ccccc5)(c5ccccc5)c5ccccc5-6)nc(-c5ccccc5)n4)c4ccccc34)cccc21. The Hall–Kier alpha value is -7.68. The Balaban J connectivity index is 1.07. The average molecular weight is 791 g/mol. The quantitative estimate of drug-likeness (QED) is 0.168. The lowest BCUT2D eigenvalue weighted by Crippen LogP contribution is -2.28. The molecule has 0 saturated carbocycles. The molecule has 0 N–H and O–H groups in total. The zero-order valence-electron chi connectivity index (χ0n) is 34.7. The molecule has 0 fully saturated rings. The maximum atomic E-state index is 5.38. The number of nitrogens with zero attached hydrogens (tertiary/aromatic N) is 2. The number of hydrogen-bond donors (Lipinski definition) is 0. The van der Waals surface area contributed by atoms with E-state index >= 15 is 0 Å². The van der Waals surface area contributed by atoms with Gasteiger partial charge >= 0.3 is 0 Å². The second kappa shape index (κ2) is 13.9. The fraction of sp³-hybridized carbons (Fsp3) is 0.0667. The predicted molar refractivity (Wildman–Crippen MR) is 256 cm³/mol. The summed E-state index contributed by atoms with van der Waals surface area (Å²) < 4.78 is 0. The first-order valence-electron chi connectivity index (χ1n) is 21.6. The van der Waals surface area contributed by atoms with Crippen LogP contribution in [0.15, 0.2) is 218 Å². The second-order valence-electron chi connectivity index (χ2n) is 17.2. The van der Waals surface area contributed by atoms with Gasteiger partial charge in [0.25, 0.3) is 0 Å². The van der Waals surface area contributed by atoms with Crippen molar-refractivity contribution in [1.29, 1.82) is 0 Å². The van der Waals surface area contributed by atoms with Crippen LogP contribution in [0.25, 0.3) is 78.1 Å². The molecule has 0 radical (unpaired) electrons. The average Bonchev–Trinajstić information content (AvgIpc) is 3.77. The minimum absolute atomic E-state index is 0.0783. The van der Waals surface area contributed by atoms with Gasteiger partial charge in [0, 0.05) is 22.1 Å². The third-order valence-corrected chi connectivity index (χ3v) is 13.6. The van der Waals surface area contributed by atoms with Crippen LogP contribution in [0.1, 0.15) is 47.2 Å². The van der Waals surface area contributed by atoms with E-state index < -0.39 is 5.41 Å². The van der Waals surface area contributed by atoms with E-state index in [0.717, 1.165) is 33.5 Å². The van der Waals surface area contributed by atoms with Gasteiger partial charge in [-0.05, 0) is 89.7 Å². The molecule has 0 spiro atoms. The molecule has 2 aliphatic carbocycles. The van der Waals surface area contributed by atoms with E-state index in [9.17, 15) is 0 Å². The smallest absolute Gasteiger partial charge is 0.160 e. The third-order valence-electron chi connectivity index (χ3n) is 13.6. The Kier molecular flexibility index (Phi) is 8.14. The van der Waals surface area contributed by atoms with Crippen LogP contribution in [-0.4, -0.2) is 9.97 Å². The molecular formula is C60H42N2. The monoisotopic (exact) mass is 790 g/mol. The Morgan fingerprint density at radius 3 is 1.56 bits per heavy atom. The highest BCUT2D eigenvalue weighted by Gasteiger charge is 2.46. The van der Waals surface area contributed by atoms with Crippen LogP contribution < -0.4 is 0 Å².